The van der Waals surface area contributed by atoms with Crippen LogP contribution >= 0.6 is 31.3 Å². The molecule has 0 radical (unpaired) electrons. The Morgan fingerprint density at radius 2 is 0.677 bits per heavy atom. The number of aryl methyl sites for hydroxylation is 6. The first-order chi connectivity index (χ1) is 60.8. The number of carbonyl (C=O) groups excluding carboxylic acids is 3. The predicted molar refractivity (Wildman–Crippen MR) is 475 cm³/mol. The van der Waals surface area contributed by atoms with Gasteiger partial charge >= 0.3 is 31.3 Å². The van der Waals surface area contributed by atoms with E-state index in [4.69, 9.17) is 64.5 Å². The van der Waals surface area contributed by atoms with Gasteiger partial charge in [0.15, 0.2) is 17.5 Å². The number of nitrogen functional groups attached to an aromatic ring is 3. The molecule has 0 saturated carbocycles. The maximum Gasteiger partial charge on any atom is 0.524 e. The number of isocyanates is 3. The summed E-state index contributed by atoms with van der Waals surface area (Å²) >= 11 is 0. The van der Waals surface area contributed by atoms with E-state index in [9.17, 15) is 82.0 Å². The van der Waals surface area contributed by atoms with Crippen LogP contribution in [0.1, 0.15) is 149 Å². The third-order valence-corrected chi connectivity index (χ3v) is 21.7. The van der Waals surface area contributed by atoms with Crippen LogP contribution in [-0.2, 0) is 105 Å². The normalized spacial score (nSPS) is 11.8. The van der Waals surface area contributed by atoms with Crippen LogP contribution < -0.4 is 35.3 Å². The van der Waals surface area contributed by atoms with Crippen LogP contribution in [-0.4, -0.2) is 170 Å². The quantitative estimate of drug-likeness (QED) is 0.00729. The summed E-state index contributed by atoms with van der Waals surface area (Å²) in [5.41, 5.74) is 29.1. The number of nitrogens with two attached hydrogens (primary N) is 3. The summed E-state index contributed by atoms with van der Waals surface area (Å²) in [6, 6.07) is 29.5. The SMILES string of the molecule is CCCCc1nc2c(N)nc3cc(CCCOCCCN=C=O)ccc3c2n1Cc1cc(O)ccc1OP(=O)(O)O.CCCCc1nc2c(N)nc3cc(CCCOCCCN=C=O)ccc3c2n1Cc1cc(OP(=O)(O)O)ccc1O.CCCCc1nc2c(N)nc3cc(CCCOCCCN=C=O)ccc3c2n1Cc1cc(OP(=O)(O)O)ccc1OP(=O)(O)O. The Bertz CT molecular complexity index is 6190. The predicted octanol–water partition coefficient (Wildman–Crippen LogP) is 13.0. The molecule has 0 aliphatic rings. The number of pyridine rings is 3. The Labute approximate surface area is 729 Å². The molecule has 12 aromatic rings. The van der Waals surface area contributed by atoms with E-state index in [1.165, 1.54) is 66.8 Å². The first-order valence-electron chi connectivity index (χ1n) is 41.1. The van der Waals surface area contributed by atoms with Crippen LogP contribution in [0, 0.1) is 0 Å². The van der Waals surface area contributed by atoms with E-state index in [0.29, 0.717) is 159 Å². The van der Waals surface area contributed by atoms with Gasteiger partial charge in [0, 0.05) is 91.8 Å². The van der Waals surface area contributed by atoms with Crippen molar-refractivity contribution in [1.82, 2.24) is 43.6 Å². The lowest BCUT2D eigenvalue weighted by molar-refractivity contribution is 0.131. The number of fused-ring (bicyclic) bond motifs is 9. The molecule has 39 nitrogen and oxygen atoms in total. The fourth-order valence-corrected chi connectivity index (χ4v) is 15.9. The molecule has 6 heterocycles. The molecule has 0 amide bonds. The van der Waals surface area contributed by atoms with Crippen LogP contribution in [0.15, 0.2) is 124 Å². The summed E-state index contributed by atoms with van der Waals surface area (Å²) in [5, 5.41) is 23.2. The smallest absolute Gasteiger partial charge is 0.508 e. The summed E-state index contributed by atoms with van der Waals surface area (Å²) < 4.78 is 88.2. The van der Waals surface area contributed by atoms with Crippen LogP contribution in [0.3, 0.4) is 0 Å². The number of phenols is 2. The molecule has 678 valence electrons. The van der Waals surface area contributed by atoms with Gasteiger partial charge in [-0.3, -0.25) is 39.1 Å². The van der Waals surface area contributed by atoms with Gasteiger partial charge in [-0.05, 0) is 167 Å². The Kier molecular flexibility index (Phi) is 35.9. The maximum atomic E-state index is 11.8. The van der Waals surface area contributed by atoms with Crippen molar-refractivity contribution in [3.8, 4) is 34.5 Å². The molecule has 0 aliphatic carbocycles. The second kappa shape index (κ2) is 46.5. The molecule has 0 unspecified atom stereocenters. The van der Waals surface area contributed by atoms with Gasteiger partial charge in [0.2, 0.25) is 18.2 Å². The second-order valence-electron chi connectivity index (χ2n) is 29.6. The number of phosphoric ester groups is 4. The molecule has 16 N–H and O–H groups in total. The Hall–Kier alpha value is -11.2. The zero-order chi connectivity index (χ0) is 91.4. The number of imidazole rings is 3. The highest BCUT2D eigenvalue weighted by Crippen LogP contribution is 2.46. The number of hydrogen-bond donors (Lipinski definition) is 13. The van der Waals surface area contributed by atoms with Crippen LogP contribution in [0.2, 0.25) is 0 Å². The monoisotopic (exact) mass is 1830 g/mol. The van der Waals surface area contributed by atoms with Gasteiger partial charge in [-0.15, -0.1) is 0 Å². The molecule has 0 fully saturated rings. The van der Waals surface area contributed by atoms with Crippen molar-refractivity contribution in [2.45, 2.75) is 156 Å². The van der Waals surface area contributed by atoms with Crippen molar-refractivity contribution in [2.75, 3.05) is 76.5 Å². The van der Waals surface area contributed by atoms with E-state index in [0.717, 1.165) is 139 Å². The number of phosphoric acid groups is 4. The fourth-order valence-electron chi connectivity index (χ4n) is 14.3. The zero-order valence-corrected chi connectivity index (χ0v) is 73.8. The lowest BCUT2D eigenvalue weighted by atomic mass is 10.1. The van der Waals surface area contributed by atoms with E-state index >= 15 is 0 Å². The minimum absolute atomic E-state index is 0.0354. The number of hydrogen-bond acceptors (Lipinski definition) is 28. The van der Waals surface area contributed by atoms with E-state index in [-0.39, 0.29) is 71.3 Å². The van der Waals surface area contributed by atoms with Gasteiger partial charge in [-0.1, -0.05) is 76.4 Å². The Balaban J connectivity index is 0.000000199. The van der Waals surface area contributed by atoms with E-state index in [1.54, 1.807) is 0 Å². The average molecular weight is 1830 g/mol. The molecule has 0 atom stereocenters. The van der Waals surface area contributed by atoms with Crippen molar-refractivity contribution < 1.29 is 114 Å². The molecular weight excluding hydrogens is 1730 g/mol. The van der Waals surface area contributed by atoms with E-state index < -0.39 is 31.3 Å². The van der Waals surface area contributed by atoms with Gasteiger partial charge in [-0.2, -0.15) is 0 Å². The first kappa shape index (κ1) is 98.0. The van der Waals surface area contributed by atoms with Crippen molar-refractivity contribution in [3.63, 3.8) is 0 Å². The second-order valence-corrected chi connectivity index (χ2v) is 34.3. The lowest BCUT2D eigenvalue weighted by Crippen LogP contribution is -2.08. The highest BCUT2D eigenvalue weighted by Gasteiger charge is 2.28. The number of nitrogens with zero attached hydrogens (tertiary/aromatic N) is 12. The van der Waals surface area contributed by atoms with Crippen molar-refractivity contribution in [2.24, 2.45) is 15.0 Å². The van der Waals surface area contributed by atoms with Crippen molar-refractivity contribution in [3.05, 3.63) is 160 Å². The molecular formula is C84H103N15O24P4. The number of phenolic OH excluding ortho intramolecular Hbond substituents is 2. The van der Waals surface area contributed by atoms with Crippen LogP contribution in [0.25, 0.3) is 65.8 Å². The minimum Gasteiger partial charge on any atom is -0.508 e. The third-order valence-electron chi connectivity index (χ3n) is 19.9. The third kappa shape index (κ3) is 28.9. The molecule has 6 aromatic heterocycles. The summed E-state index contributed by atoms with van der Waals surface area (Å²) in [7, 11) is -19.5. The van der Waals surface area contributed by atoms with E-state index in [1.807, 2.05) is 75.2 Å². The molecule has 12 rings (SSSR count). The molecule has 0 bridgehead atoms. The average Bonchev–Trinajstić information content (AvgIpc) is 1.62. The number of aromatic hydroxyl groups is 2. The summed E-state index contributed by atoms with van der Waals surface area (Å²) in [6.45, 7) is 10.9. The number of rotatable bonds is 47. The minimum atomic E-state index is -4.99. The summed E-state index contributed by atoms with van der Waals surface area (Å²) in [4.78, 5) is 144. The van der Waals surface area contributed by atoms with E-state index in [2.05, 4.69) is 43.8 Å². The number of aliphatic imine (C=N–C) groups is 3. The summed E-state index contributed by atoms with van der Waals surface area (Å²) in [6.07, 6.45) is 18.4. The molecule has 0 saturated heterocycles. The number of benzene rings is 6. The van der Waals surface area contributed by atoms with Gasteiger partial charge < -0.3 is 73.4 Å². The van der Waals surface area contributed by atoms with Crippen LogP contribution in [0.4, 0.5) is 17.5 Å². The molecule has 0 spiro atoms. The Morgan fingerprint density at radius 1 is 0.362 bits per heavy atom. The zero-order valence-electron chi connectivity index (χ0n) is 70.2. The maximum absolute atomic E-state index is 11.8. The lowest BCUT2D eigenvalue weighted by Gasteiger charge is -2.17. The van der Waals surface area contributed by atoms with Gasteiger partial charge in [0.05, 0.1) is 72.4 Å². The fraction of sp³-hybridized carbons (Fsp3) is 0.393. The van der Waals surface area contributed by atoms with Gasteiger partial charge in [0.1, 0.15) is 68.5 Å². The van der Waals surface area contributed by atoms with Crippen LogP contribution in [0.5, 0.6) is 34.5 Å². The number of anilines is 3. The topological polar surface area (TPSA) is 594 Å². The highest BCUT2D eigenvalue weighted by atomic mass is 31.2. The van der Waals surface area contributed by atoms with Gasteiger partial charge in [0.25, 0.3) is 0 Å². The first-order valence-corrected chi connectivity index (χ1v) is 47.2. The standard InChI is InChI=1S/C28H35N5O10P2.2C28H34N5O7P/c1-2-3-7-25-32-26-27(33(25)17-20-16-21(42-44(35,36)37)9-11-24(20)43-45(38,39)40)22-10-8-19(15-23(22)31-28(26)29)6-4-13-41-14-5-12-30-18-34;1-2-3-7-25-32-26-27(33(25)17-20-16-21(9-11-24(20)35)40-41(36,37)38)22-10-8-19(15-23(22)31-28(26)29)6-4-13-39-14-5-12-30-18-34;1-2-3-7-25-32-26-27(33(25)17-20-16-21(35)9-11-24(20)40-41(36,37)38)22-10-8-19(15-23(22)31-28(26)29)6-4-13-39-14-5-12-30-18-34/h8-11,15-16H,2-7,12-14,17H2,1H3,(H2,29,31)(H2,35,36,37)(H2,38,39,40);2*8-11,15-16,35H,2-7,12-14,17H2,1H3,(H2,29,31)(H2,36,37,38). The number of ether oxygens (including phenoxy) is 3. The molecule has 43 heteroatoms. The van der Waals surface area contributed by atoms with Crippen molar-refractivity contribution >= 4 is 133 Å². The summed E-state index contributed by atoms with van der Waals surface area (Å²) in [5.74, 6) is 2.32. The number of aromatic nitrogens is 9. The molecule has 127 heavy (non-hydrogen) atoms. The molecule has 6 aromatic carbocycles. The van der Waals surface area contributed by atoms with Crippen molar-refractivity contribution in [1.29, 1.82) is 0 Å². The highest BCUT2D eigenvalue weighted by molar-refractivity contribution is 7.47. The molecule has 0 aliphatic heterocycles. The number of unbranched alkanes of at least 4 members (excludes halogenated alkanes) is 3. The van der Waals surface area contributed by atoms with Gasteiger partial charge in [-0.25, -0.2) is 77.5 Å². The Morgan fingerprint density at radius 3 is 1.02 bits per heavy atom. The largest absolute Gasteiger partial charge is 0.524 e.